The second-order valence-corrected chi connectivity index (χ2v) is 4.00. The number of halogens is 4. The summed E-state index contributed by atoms with van der Waals surface area (Å²) in [6.07, 6.45) is -2.76. The van der Waals surface area contributed by atoms with Gasteiger partial charge in [-0.05, 0) is 37.9 Å². The van der Waals surface area contributed by atoms with Gasteiger partial charge in [-0.2, -0.15) is 0 Å². The molecule has 0 atom stereocenters. The van der Waals surface area contributed by atoms with Crippen LogP contribution < -0.4 is 5.73 Å². The smallest absolute Gasteiger partial charge is 0.281 e. The first-order valence-electron chi connectivity index (χ1n) is 3.37. The lowest BCUT2D eigenvalue weighted by molar-refractivity contribution is 0.0993. The fourth-order valence-corrected chi connectivity index (χ4v) is 1.58. The average molecular weight is 330 g/mol. The van der Waals surface area contributed by atoms with Gasteiger partial charge in [0.15, 0.2) is 0 Å². The van der Waals surface area contributed by atoms with Crippen LogP contribution in [0.3, 0.4) is 0 Å². The van der Waals surface area contributed by atoms with E-state index in [2.05, 4.69) is 36.8 Å². The van der Waals surface area contributed by atoms with Gasteiger partial charge in [0.05, 0.1) is 4.47 Å². The van der Waals surface area contributed by atoms with E-state index < -0.39 is 18.0 Å². The van der Waals surface area contributed by atoms with Crippen molar-refractivity contribution >= 4 is 37.8 Å². The summed E-state index contributed by atoms with van der Waals surface area (Å²) in [6.45, 7) is 0. The second-order valence-electron chi connectivity index (χ2n) is 2.35. The van der Waals surface area contributed by atoms with Crippen molar-refractivity contribution < 1.29 is 13.6 Å². The van der Waals surface area contributed by atoms with E-state index in [9.17, 15) is 13.6 Å². The van der Waals surface area contributed by atoms with Crippen molar-refractivity contribution in [1.82, 2.24) is 4.98 Å². The molecule has 7 heteroatoms. The molecular weight excluding hydrogens is 326 g/mol. The van der Waals surface area contributed by atoms with Crippen LogP contribution in [0.4, 0.5) is 8.78 Å². The highest BCUT2D eigenvalue weighted by Gasteiger charge is 2.18. The molecule has 0 aliphatic rings. The van der Waals surface area contributed by atoms with E-state index in [1.165, 1.54) is 6.07 Å². The third-order valence-corrected chi connectivity index (χ3v) is 3.39. The number of rotatable bonds is 2. The van der Waals surface area contributed by atoms with Crippen molar-refractivity contribution in [1.29, 1.82) is 0 Å². The van der Waals surface area contributed by atoms with E-state index in [0.717, 1.165) is 0 Å². The average Bonchev–Trinajstić information content (AvgIpc) is 2.08. The number of pyridine rings is 1. The quantitative estimate of drug-likeness (QED) is 0.906. The Hall–Kier alpha value is -0.560. The summed E-state index contributed by atoms with van der Waals surface area (Å²) in [5.74, 6) is -0.847. The van der Waals surface area contributed by atoms with Crippen molar-refractivity contribution in [3.05, 3.63) is 26.4 Å². The molecule has 0 radical (unpaired) electrons. The Labute approximate surface area is 94.9 Å². The van der Waals surface area contributed by atoms with Crippen molar-refractivity contribution in [2.45, 2.75) is 6.43 Å². The number of carbonyl (C=O) groups is 1. The molecular formula is C7H4Br2F2N2O. The first kappa shape index (κ1) is 11.5. The minimum atomic E-state index is -2.76. The summed E-state index contributed by atoms with van der Waals surface area (Å²) in [5, 5.41) is 0. The van der Waals surface area contributed by atoms with Gasteiger partial charge in [-0.1, -0.05) is 0 Å². The van der Waals surface area contributed by atoms with Crippen molar-refractivity contribution in [2.24, 2.45) is 5.73 Å². The highest BCUT2D eigenvalue weighted by Crippen LogP contribution is 2.32. The molecule has 1 aromatic heterocycles. The van der Waals surface area contributed by atoms with Gasteiger partial charge < -0.3 is 5.73 Å². The number of primary amides is 1. The van der Waals surface area contributed by atoms with Crippen LogP contribution in [0.5, 0.6) is 0 Å². The molecule has 0 saturated carbocycles. The topological polar surface area (TPSA) is 56.0 Å². The van der Waals surface area contributed by atoms with Crippen LogP contribution in [0.15, 0.2) is 15.0 Å². The zero-order valence-corrected chi connectivity index (χ0v) is 9.77. The second kappa shape index (κ2) is 4.31. The Morgan fingerprint density at radius 3 is 2.50 bits per heavy atom. The van der Waals surface area contributed by atoms with Gasteiger partial charge in [0, 0.05) is 4.47 Å². The number of amides is 1. The molecule has 76 valence electrons. The molecule has 3 nitrogen and oxygen atoms in total. The van der Waals surface area contributed by atoms with E-state index in [-0.39, 0.29) is 10.2 Å². The molecule has 0 aliphatic carbocycles. The maximum atomic E-state index is 12.4. The Kier molecular flexibility index (Phi) is 3.54. The van der Waals surface area contributed by atoms with Crippen molar-refractivity contribution in [3.63, 3.8) is 0 Å². The third kappa shape index (κ3) is 2.27. The highest BCUT2D eigenvalue weighted by molar-refractivity contribution is 9.13. The fourth-order valence-electron chi connectivity index (χ4n) is 0.788. The lowest BCUT2D eigenvalue weighted by Gasteiger charge is -2.05. The molecule has 1 heterocycles. The fraction of sp³-hybridized carbons (Fsp3) is 0.143. The van der Waals surface area contributed by atoms with E-state index in [1.807, 2.05) is 0 Å². The maximum absolute atomic E-state index is 12.4. The summed E-state index contributed by atoms with van der Waals surface area (Å²) >= 11 is 5.93. The normalized spacial score (nSPS) is 10.6. The molecule has 0 bridgehead atoms. The highest BCUT2D eigenvalue weighted by atomic mass is 79.9. The molecule has 0 saturated heterocycles. The third-order valence-electron chi connectivity index (χ3n) is 1.40. The SMILES string of the molecule is NC(=O)c1cc(Br)c(Br)c(C(F)F)n1. The minimum Gasteiger partial charge on any atom is -0.364 e. The van der Waals surface area contributed by atoms with Crippen molar-refractivity contribution in [2.75, 3.05) is 0 Å². The lowest BCUT2D eigenvalue weighted by atomic mass is 10.3. The number of hydrogen-bond acceptors (Lipinski definition) is 2. The molecule has 1 rings (SSSR count). The summed E-state index contributed by atoms with van der Waals surface area (Å²) in [5.41, 5.74) is 4.21. The largest absolute Gasteiger partial charge is 0.364 e. The Morgan fingerprint density at radius 1 is 1.50 bits per heavy atom. The first-order chi connectivity index (χ1) is 6.43. The van der Waals surface area contributed by atoms with Gasteiger partial charge in [-0.25, -0.2) is 13.8 Å². The van der Waals surface area contributed by atoms with E-state index >= 15 is 0 Å². The predicted molar refractivity (Wildman–Crippen MR) is 53.1 cm³/mol. The van der Waals surface area contributed by atoms with Crippen LogP contribution in [-0.4, -0.2) is 10.9 Å². The zero-order valence-electron chi connectivity index (χ0n) is 6.60. The molecule has 2 N–H and O–H groups in total. The molecule has 14 heavy (non-hydrogen) atoms. The Balaban J connectivity index is 3.35. The first-order valence-corrected chi connectivity index (χ1v) is 4.96. The standard InChI is InChI=1S/C7H4Br2F2N2O/c8-2-1-3(7(12)14)13-5(4(2)9)6(10)11/h1,6H,(H2,12,14). The van der Waals surface area contributed by atoms with Crippen LogP contribution >= 0.6 is 31.9 Å². The number of alkyl halides is 2. The van der Waals surface area contributed by atoms with Gasteiger partial charge in [-0.15, -0.1) is 0 Å². The number of aromatic nitrogens is 1. The Morgan fingerprint density at radius 2 is 2.07 bits per heavy atom. The van der Waals surface area contributed by atoms with Gasteiger partial charge in [0.25, 0.3) is 12.3 Å². The number of nitrogens with zero attached hydrogens (tertiary/aromatic N) is 1. The number of hydrogen-bond donors (Lipinski definition) is 1. The molecule has 0 aliphatic heterocycles. The number of carbonyl (C=O) groups excluding carboxylic acids is 1. The van der Waals surface area contributed by atoms with Crippen molar-refractivity contribution in [3.8, 4) is 0 Å². The molecule has 0 unspecified atom stereocenters. The van der Waals surface area contributed by atoms with Crippen LogP contribution in [0.2, 0.25) is 0 Å². The van der Waals surface area contributed by atoms with Gasteiger partial charge in [-0.3, -0.25) is 4.79 Å². The van der Waals surface area contributed by atoms with Crippen LogP contribution in [-0.2, 0) is 0 Å². The van der Waals surface area contributed by atoms with E-state index in [4.69, 9.17) is 5.73 Å². The van der Waals surface area contributed by atoms with Crippen LogP contribution in [0.1, 0.15) is 22.6 Å². The van der Waals surface area contributed by atoms with Crippen LogP contribution in [0.25, 0.3) is 0 Å². The molecule has 1 amide bonds. The summed E-state index contributed by atoms with van der Waals surface area (Å²) in [7, 11) is 0. The summed E-state index contributed by atoms with van der Waals surface area (Å²) in [4.78, 5) is 14.1. The summed E-state index contributed by atoms with van der Waals surface area (Å²) < 4.78 is 25.2. The van der Waals surface area contributed by atoms with Gasteiger partial charge in [0.2, 0.25) is 0 Å². The predicted octanol–water partition coefficient (Wildman–Crippen LogP) is 2.64. The summed E-state index contributed by atoms with van der Waals surface area (Å²) in [6, 6.07) is 1.28. The molecule has 0 spiro atoms. The zero-order chi connectivity index (χ0) is 10.9. The molecule has 0 fully saturated rings. The lowest BCUT2D eigenvalue weighted by Crippen LogP contribution is -2.14. The van der Waals surface area contributed by atoms with E-state index in [1.54, 1.807) is 0 Å². The van der Waals surface area contributed by atoms with Gasteiger partial charge in [0.1, 0.15) is 11.4 Å². The molecule has 0 aromatic carbocycles. The van der Waals surface area contributed by atoms with Crippen LogP contribution in [0, 0.1) is 0 Å². The Bertz CT molecular complexity index is 384. The van der Waals surface area contributed by atoms with Gasteiger partial charge >= 0.3 is 0 Å². The molecule has 1 aromatic rings. The van der Waals surface area contributed by atoms with E-state index in [0.29, 0.717) is 4.47 Å². The maximum Gasteiger partial charge on any atom is 0.281 e. The number of nitrogens with two attached hydrogens (primary N) is 1. The minimum absolute atomic E-state index is 0.123. The monoisotopic (exact) mass is 328 g/mol.